The van der Waals surface area contributed by atoms with E-state index in [0.717, 1.165) is 11.0 Å². The summed E-state index contributed by atoms with van der Waals surface area (Å²) in [5.41, 5.74) is 2.86. The molecule has 0 unspecified atom stereocenters. The fourth-order valence-corrected chi connectivity index (χ4v) is 2.97. The van der Waals surface area contributed by atoms with Gasteiger partial charge in [-0.15, -0.1) is 0 Å². The van der Waals surface area contributed by atoms with Crippen LogP contribution in [0.15, 0.2) is 36.4 Å². The molecule has 1 heterocycles. The van der Waals surface area contributed by atoms with Crippen molar-refractivity contribution in [3.63, 3.8) is 0 Å². The molecule has 126 valence electrons. The maximum Gasteiger partial charge on any atom is 0.176 e. The number of rotatable bonds is 4. The number of aryl methyl sites for hydroxylation is 1. The number of phenols is 1. The van der Waals surface area contributed by atoms with Gasteiger partial charge >= 0.3 is 0 Å². The molecule has 3 rings (SSSR count). The lowest BCUT2D eigenvalue weighted by molar-refractivity contribution is 0.373. The van der Waals surface area contributed by atoms with Crippen LogP contribution in [-0.2, 0) is 6.54 Å². The molecule has 1 aromatic heterocycles. The summed E-state index contributed by atoms with van der Waals surface area (Å²) in [5.74, 6) is 0.718. The van der Waals surface area contributed by atoms with Crippen LogP contribution >= 0.6 is 11.6 Å². The molecule has 0 spiro atoms. The molecule has 0 amide bonds. The summed E-state index contributed by atoms with van der Waals surface area (Å²) in [4.78, 5) is 4.59. The number of hydrogen-bond donors (Lipinski definition) is 1. The minimum Gasteiger partial charge on any atom is -0.503 e. The van der Waals surface area contributed by atoms with Crippen molar-refractivity contribution in [2.45, 2.75) is 13.5 Å². The second kappa shape index (κ2) is 6.88. The summed E-state index contributed by atoms with van der Waals surface area (Å²) in [7, 11) is 1.45. The van der Waals surface area contributed by atoms with Gasteiger partial charge in [-0.25, -0.2) is 4.98 Å². The number of hydrogen-bond acceptors (Lipinski definition) is 4. The second-order valence-electron chi connectivity index (χ2n) is 5.39. The predicted octanol–water partition coefficient (Wildman–Crippen LogP) is 4.49. The Balaban J connectivity index is 2.17. The average Bonchev–Trinajstić information content (AvgIpc) is 3.00. The SMILES string of the molecule is CCn1c(/C(C#N)=C\c2cc(Cl)c(O)c(OC)c2)nc2ccccc21. The van der Waals surface area contributed by atoms with Gasteiger partial charge in [0, 0.05) is 6.54 Å². The molecule has 2 aromatic carbocycles. The number of para-hydroxylation sites is 2. The molecule has 6 heteroatoms. The van der Waals surface area contributed by atoms with Gasteiger partial charge in [-0.1, -0.05) is 23.7 Å². The van der Waals surface area contributed by atoms with Crippen LogP contribution in [0.5, 0.6) is 11.5 Å². The molecule has 25 heavy (non-hydrogen) atoms. The van der Waals surface area contributed by atoms with E-state index in [1.165, 1.54) is 7.11 Å². The van der Waals surface area contributed by atoms with E-state index in [1.807, 2.05) is 35.8 Å². The van der Waals surface area contributed by atoms with Gasteiger partial charge in [0.15, 0.2) is 17.3 Å². The van der Waals surface area contributed by atoms with E-state index >= 15 is 0 Å². The number of phenolic OH excluding ortho intramolecular Hbond substituents is 1. The van der Waals surface area contributed by atoms with E-state index in [1.54, 1.807) is 18.2 Å². The first-order chi connectivity index (χ1) is 12.1. The number of benzene rings is 2. The normalized spacial score (nSPS) is 11.5. The largest absolute Gasteiger partial charge is 0.503 e. The highest BCUT2D eigenvalue weighted by Gasteiger charge is 2.14. The van der Waals surface area contributed by atoms with Crippen molar-refractivity contribution >= 4 is 34.3 Å². The lowest BCUT2D eigenvalue weighted by Crippen LogP contribution is -2.00. The zero-order chi connectivity index (χ0) is 18.0. The summed E-state index contributed by atoms with van der Waals surface area (Å²) in [6, 6.07) is 13.2. The monoisotopic (exact) mass is 353 g/mol. The Morgan fingerprint density at radius 3 is 2.84 bits per heavy atom. The van der Waals surface area contributed by atoms with Gasteiger partial charge in [0.25, 0.3) is 0 Å². The van der Waals surface area contributed by atoms with Crippen LogP contribution in [-0.4, -0.2) is 21.8 Å². The van der Waals surface area contributed by atoms with E-state index in [-0.39, 0.29) is 16.5 Å². The third-order valence-electron chi connectivity index (χ3n) is 3.91. The smallest absolute Gasteiger partial charge is 0.176 e. The molecule has 0 aliphatic heterocycles. The number of nitriles is 1. The van der Waals surface area contributed by atoms with Crippen LogP contribution in [0.2, 0.25) is 5.02 Å². The van der Waals surface area contributed by atoms with E-state index in [9.17, 15) is 10.4 Å². The molecule has 0 atom stereocenters. The fourth-order valence-electron chi connectivity index (χ4n) is 2.75. The molecule has 0 radical (unpaired) electrons. The maximum absolute atomic E-state index is 9.85. The Morgan fingerprint density at radius 1 is 1.40 bits per heavy atom. The summed E-state index contributed by atoms with van der Waals surface area (Å²) >= 11 is 6.03. The second-order valence-corrected chi connectivity index (χ2v) is 5.80. The molecule has 0 aliphatic carbocycles. The highest BCUT2D eigenvalue weighted by Crippen LogP contribution is 2.36. The number of allylic oxidation sites excluding steroid dienone is 1. The van der Waals surface area contributed by atoms with Crippen LogP contribution in [0.3, 0.4) is 0 Å². The predicted molar refractivity (Wildman–Crippen MR) is 98.6 cm³/mol. The first kappa shape index (κ1) is 16.9. The van der Waals surface area contributed by atoms with E-state index < -0.39 is 0 Å². The number of aromatic hydroxyl groups is 1. The Labute approximate surface area is 150 Å². The van der Waals surface area contributed by atoms with Gasteiger partial charge in [0.2, 0.25) is 0 Å². The third-order valence-corrected chi connectivity index (χ3v) is 4.20. The Bertz CT molecular complexity index is 1020. The maximum atomic E-state index is 9.85. The lowest BCUT2D eigenvalue weighted by atomic mass is 10.1. The number of nitrogens with zero attached hydrogens (tertiary/aromatic N) is 3. The minimum absolute atomic E-state index is 0.124. The van der Waals surface area contributed by atoms with Gasteiger partial charge in [0.05, 0.1) is 28.7 Å². The average molecular weight is 354 g/mol. The Morgan fingerprint density at radius 2 is 2.16 bits per heavy atom. The van der Waals surface area contributed by atoms with Crippen molar-refractivity contribution < 1.29 is 9.84 Å². The molecular weight excluding hydrogens is 338 g/mol. The van der Waals surface area contributed by atoms with Crippen molar-refractivity contribution in [3.05, 3.63) is 52.8 Å². The first-order valence-electron chi connectivity index (χ1n) is 7.73. The van der Waals surface area contributed by atoms with E-state index in [2.05, 4.69) is 11.1 Å². The number of aromatic nitrogens is 2. The molecular formula is C19H16ClN3O2. The van der Waals surface area contributed by atoms with Crippen LogP contribution in [0.25, 0.3) is 22.7 Å². The van der Waals surface area contributed by atoms with Crippen molar-refractivity contribution in [2.75, 3.05) is 7.11 Å². The summed E-state index contributed by atoms with van der Waals surface area (Å²) in [5, 5.41) is 19.7. The molecule has 0 saturated carbocycles. The summed E-state index contributed by atoms with van der Waals surface area (Å²) in [6.07, 6.45) is 1.68. The number of methoxy groups -OCH3 is 1. The molecule has 0 bridgehead atoms. The van der Waals surface area contributed by atoms with Gasteiger partial charge in [0.1, 0.15) is 6.07 Å². The van der Waals surface area contributed by atoms with Crippen molar-refractivity contribution in [2.24, 2.45) is 0 Å². The van der Waals surface area contributed by atoms with E-state index in [0.29, 0.717) is 23.5 Å². The van der Waals surface area contributed by atoms with Crippen molar-refractivity contribution in [1.82, 2.24) is 9.55 Å². The zero-order valence-corrected chi connectivity index (χ0v) is 14.6. The number of ether oxygens (including phenoxy) is 1. The zero-order valence-electron chi connectivity index (χ0n) is 13.8. The van der Waals surface area contributed by atoms with Crippen LogP contribution in [0.1, 0.15) is 18.3 Å². The summed E-state index contributed by atoms with van der Waals surface area (Å²) < 4.78 is 7.10. The van der Waals surface area contributed by atoms with Gasteiger partial charge in [-0.05, 0) is 42.8 Å². The molecule has 0 fully saturated rings. The van der Waals surface area contributed by atoms with Crippen LogP contribution < -0.4 is 4.74 Å². The standard InChI is InChI=1S/C19H16ClN3O2/c1-3-23-16-7-5-4-6-15(16)22-19(23)13(11-21)8-12-9-14(20)18(24)17(10-12)25-2/h4-10,24H,3H2,1-2H3/b13-8-. The molecule has 3 aromatic rings. The number of halogens is 1. The number of fused-ring (bicyclic) bond motifs is 1. The molecule has 0 saturated heterocycles. The highest BCUT2D eigenvalue weighted by molar-refractivity contribution is 6.32. The van der Waals surface area contributed by atoms with Crippen molar-refractivity contribution in [3.8, 4) is 17.6 Å². The summed E-state index contributed by atoms with van der Waals surface area (Å²) in [6.45, 7) is 2.70. The van der Waals surface area contributed by atoms with Crippen LogP contribution in [0, 0.1) is 11.3 Å². The topological polar surface area (TPSA) is 71.1 Å². The van der Waals surface area contributed by atoms with Gasteiger partial charge in [-0.3, -0.25) is 0 Å². The third kappa shape index (κ3) is 3.04. The first-order valence-corrected chi connectivity index (χ1v) is 8.10. The highest BCUT2D eigenvalue weighted by atomic mass is 35.5. The molecule has 1 N–H and O–H groups in total. The fraction of sp³-hybridized carbons (Fsp3) is 0.158. The quantitative estimate of drug-likeness (QED) is 0.701. The Hall–Kier alpha value is -2.97. The number of imidazole rings is 1. The minimum atomic E-state index is -0.124. The van der Waals surface area contributed by atoms with Crippen molar-refractivity contribution in [1.29, 1.82) is 5.26 Å². The van der Waals surface area contributed by atoms with Gasteiger partial charge < -0.3 is 14.4 Å². The Kier molecular flexibility index (Phi) is 4.64. The van der Waals surface area contributed by atoms with Gasteiger partial charge in [-0.2, -0.15) is 5.26 Å². The van der Waals surface area contributed by atoms with Crippen LogP contribution in [0.4, 0.5) is 0 Å². The van der Waals surface area contributed by atoms with E-state index in [4.69, 9.17) is 16.3 Å². The lowest BCUT2D eigenvalue weighted by Gasteiger charge is -2.08. The molecule has 5 nitrogen and oxygen atoms in total. The molecule has 0 aliphatic rings.